The van der Waals surface area contributed by atoms with Crippen LogP contribution >= 0.6 is 0 Å². The molecule has 17 heavy (non-hydrogen) atoms. The van der Waals surface area contributed by atoms with Crippen molar-refractivity contribution in [2.24, 2.45) is 5.73 Å². The van der Waals surface area contributed by atoms with Crippen molar-refractivity contribution in [3.63, 3.8) is 0 Å². The van der Waals surface area contributed by atoms with Gasteiger partial charge in [0, 0.05) is 13.1 Å². The van der Waals surface area contributed by atoms with Gasteiger partial charge in [-0.05, 0) is 25.0 Å². The molecule has 0 radical (unpaired) electrons. The molecule has 0 bridgehead atoms. The molecule has 0 aliphatic carbocycles. The molecule has 3 nitrogen and oxygen atoms in total. The Bertz CT molecular complexity index is 385. The second-order valence-corrected chi connectivity index (χ2v) is 4.69. The molecule has 0 saturated carbocycles. The molecule has 94 valence electrons. The molecule has 0 amide bonds. The van der Waals surface area contributed by atoms with Crippen molar-refractivity contribution in [1.29, 1.82) is 0 Å². The van der Waals surface area contributed by atoms with Crippen molar-refractivity contribution >= 4 is 5.69 Å². The smallest absolute Gasteiger partial charge is 0.142 e. The lowest BCUT2D eigenvalue weighted by Crippen LogP contribution is -2.56. The second kappa shape index (κ2) is 4.92. The van der Waals surface area contributed by atoms with Crippen LogP contribution in [0.3, 0.4) is 0 Å². The largest absolute Gasteiger partial charge is 0.495 e. The zero-order valence-electron chi connectivity index (χ0n) is 10.2. The van der Waals surface area contributed by atoms with Gasteiger partial charge in [0.15, 0.2) is 0 Å². The van der Waals surface area contributed by atoms with Crippen LogP contribution in [0, 0.1) is 0 Å². The van der Waals surface area contributed by atoms with Crippen molar-refractivity contribution in [3.8, 4) is 5.75 Å². The van der Waals surface area contributed by atoms with Gasteiger partial charge in [0.2, 0.25) is 0 Å². The van der Waals surface area contributed by atoms with E-state index in [1.165, 1.54) is 0 Å². The number of piperidine rings is 1. The van der Waals surface area contributed by atoms with Crippen LogP contribution in [0.15, 0.2) is 24.3 Å². The van der Waals surface area contributed by atoms with Gasteiger partial charge in [-0.2, -0.15) is 0 Å². The van der Waals surface area contributed by atoms with Gasteiger partial charge in [0.1, 0.15) is 12.4 Å². The van der Waals surface area contributed by atoms with Gasteiger partial charge < -0.3 is 15.4 Å². The first-order valence-electron chi connectivity index (χ1n) is 5.91. The number of methoxy groups -OCH3 is 1. The van der Waals surface area contributed by atoms with Crippen LogP contribution < -0.4 is 15.4 Å². The van der Waals surface area contributed by atoms with Crippen LogP contribution in [0.25, 0.3) is 0 Å². The summed E-state index contributed by atoms with van der Waals surface area (Å²) in [7, 11) is 1.65. The highest BCUT2D eigenvalue weighted by atomic mass is 19.1. The Labute approximate surface area is 101 Å². The third kappa shape index (κ3) is 2.52. The third-order valence-electron chi connectivity index (χ3n) is 3.30. The highest BCUT2D eigenvalue weighted by Crippen LogP contribution is 2.31. The van der Waals surface area contributed by atoms with Crippen LogP contribution in [0.4, 0.5) is 10.1 Å². The van der Waals surface area contributed by atoms with Crippen LogP contribution in [0.1, 0.15) is 12.8 Å². The van der Waals surface area contributed by atoms with Gasteiger partial charge in [-0.25, -0.2) is 4.39 Å². The number of nitrogens with zero attached hydrogens (tertiary/aromatic N) is 1. The lowest BCUT2D eigenvalue weighted by Gasteiger charge is -2.40. The van der Waals surface area contributed by atoms with E-state index < -0.39 is 12.2 Å². The average Bonchev–Trinajstić information content (AvgIpc) is 2.39. The number of anilines is 1. The average molecular weight is 238 g/mol. The third-order valence-corrected chi connectivity index (χ3v) is 3.30. The van der Waals surface area contributed by atoms with E-state index in [-0.39, 0.29) is 0 Å². The number of halogens is 1. The van der Waals surface area contributed by atoms with E-state index in [2.05, 4.69) is 4.90 Å². The van der Waals surface area contributed by atoms with Gasteiger partial charge in [-0.15, -0.1) is 0 Å². The Morgan fingerprint density at radius 3 is 2.94 bits per heavy atom. The van der Waals surface area contributed by atoms with Gasteiger partial charge in [-0.3, -0.25) is 0 Å². The zero-order valence-corrected chi connectivity index (χ0v) is 10.2. The summed E-state index contributed by atoms with van der Waals surface area (Å²) in [6, 6.07) is 7.79. The molecule has 0 aromatic heterocycles. The quantitative estimate of drug-likeness (QED) is 0.875. The molecule has 1 fully saturated rings. The number of nitrogens with two attached hydrogens (primary N) is 1. The summed E-state index contributed by atoms with van der Waals surface area (Å²) in [6.45, 7) is 0.974. The van der Waals surface area contributed by atoms with Gasteiger partial charge >= 0.3 is 0 Å². The monoisotopic (exact) mass is 238 g/mol. The van der Waals surface area contributed by atoms with Crippen molar-refractivity contribution < 1.29 is 9.13 Å². The van der Waals surface area contributed by atoms with Crippen LogP contribution in [-0.4, -0.2) is 32.4 Å². The van der Waals surface area contributed by atoms with Crippen LogP contribution in [0.2, 0.25) is 0 Å². The van der Waals surface area contributed by atoms with E-state index in [4.69, 9.17) is 10.5 Å². The highest BCUT2D eigenvalue weighted by Gasteiger charge is 2.32. The van der Waals surface area contributed by atoms with Crippen molar-refractivity contribution in [3.05, 3.63) is 24.3 Å². The maximum absolute atomic E-state index is 13.0. The van der Waals surface area contributed by atoms with Crippen molar-refractivity contribution in [2.75, 3.05) is 31.8 Å². The number of hydrogen-bond acceptors (Lipinski definition) is 3. The number of benzene rings is 1. The Kier molecular flexibility index (Phi) is 3.52. The van der Waals surface area contributed by atoms with Crippen molar-refractivity contribution in [2.45, 2.75) is 18.4 Å². The minimum atomic E-state index is -0.709. The first kappa shape index (κ1) is 12.2. The fourth-order valence-corrected chi connectivity index (χ4v) is 2.37. The van der Waals surface area contributed by atoms with E-state index >= 15 is 0 Å². The molecular weight excluding hydrogens is 219 g/mol. The molecule has 1 heterocycles. The number of hydrogen-bond donors (Lipinski definition) is 1. The minimum Gasteiger partial charge on any atom is -0.495 e. The minimum absolute atomic E-state index is 0.474. The lowest BCUT2D eigenvalue weighted by molar-refractivity contribution is 0.263. The highest BCUT2D eigenvalue weighted by molar-refractivity contribution is 5.59. The molecule has 1 saturated heterocycles. The molecule has 0 spiro atoms. The molecule has 1 aromatic carbocycles. The van der Waals surface area contributed by atoms with Gasteiger partial charge in [-0.1, -0.05) is 12.1 Å². The maximum Gasteiger partial charge on any atom is 0.142 e. The molecular formula is C13H19FN2O. The molecule has 1 aliphatic rings. The lowest BCUT2D eigenvalue weighted by atomic mass is 9.91. The summed E-state index contributed by atoms with van der Waals surface area (Å²) >= 11 is 0. The number of para-hydroxylation sites is 2. The first-order valence-corrected chi connectivity index (χ1v) is 5.91. The van der Waals surface area contributed by atoms with E-state index in [0.717, 1.165) is 30.8 Å². The summed E-state index contributed by atoms with van der Waals surface area (Å²) in [5.74, 6) is 0.815. The molecule has 2 N–H and O–H groups in total. The Hall–Kier alpha value is -1.29. The van der Waals surface area contributed by atoms with E-state index in [1.807, 2.05) is 24.3 Å². The molecule has 4 heteroatoms. The molecule has 1 atom stereocenters. The van der Waals surface area contributed by atoms with E-state index in [9.17, 15) is 4.39 Å². The summed E-state index contributed by atoms with van der Waals surface area (Å²) in [4.78, 5) is 2.11. The van der Waals surface area contributed by atoms with Crippen molar-refractivity contribution in [1.82, 2.24) is 0 Å². The molecule has 1 unspecified atom stereocenters. The zero-order chi connectivity index (χ0) is 12.3. The summed E-state index contributed by atoms with van der Waals surface area (Å²) < 4.78 is 18.3. The topological polar surface area (TPSA) is 38.5 Å². The maximum atomic E-state index is 13.0. The summed E-state index contributed by atoms with van der Waals surface area (Å²) in [5, 5.41) is 0. The molecule has 1 aromatic rings. The second-order valence-electron chi connectivity index (χ2n) is 4.69. The number of rotatable bonds is 3. The predicted octanol–water partition coefficient (Wildman–Crippen LogP) is 1.96. The van der Waals surface area contributed by atoms with E-state index in [1.54, 1.807) is 7.11 Å². The Balaban J connectivity index is 2.22. The number of alkyl halides is 1. The summed E-state index contributed by atoms with van der Waals surface area (Å²) in [6.07, 6.45) is 1.66. The first-order chi connectivity index (χ1) is 8.18. The standard InChI is InChI=1S/C13H19FN2O/c1-17-12-6-3-2-5-11(12)16-8-4-7-13(15,9-14)10-16/h2-3,5-6H,4,7-10,15H2,1H3. The Morgan fingerprint density at radius 1 is 1.47 bits per heavy atom. The normalized spacial score (nSPS) is 24.8. The van der Waals surface area contributed by atoms with Crippen LogP contribution in [0.5, 0.6) is 5.75 Å². The fourth-order valence-electron chi connectivity index (χ4n) is 2.37. The van der Waals surface area contributed by atoms with Gasteiger partial charge in [0.05, 0.1) is 18.3 Å². The van der Waals surface area contributed by atoms with Crippen LogP contribution in [-0.2, 0) is 0 Å². The summed E-state index contributed by atoms with van der Waals surface area (Å²) in [5.41, 5.74) is 6.31. The van der Waals surface area contributed by atoms with Gasteiger partial charge in [0.25, 0.3) is 0 Å². The SMILES string of the molecule is COc1ccccc1N1CCCC(N)(CF)C1. The Morgan fingerprint density at radius 2 is 2.24 bits per heavy atom. The number of ether oxygens (including phenoxy) is 1. The predicted molar refractivity (Wildman–Crippen MR) is 67.3 cm³/mol. The van der Waals surface area contributed by atoms with E-state index in [0.29, 0.717) is 6.54 Å². The molecule has 2 rings (SSSR count). The molecule has 1 aliphatic heterocycles. The fraction of sp³-hybridized carbons (Fsp3) is 0.538.